The van der Waals surface area contributed by atoms with Gasteiger partial charge in [-0.05, 0) is 47.8 Å². The van der Waals surface area contributed by atoms with E-state index in [-0.39, 0.29) is 0 Å². The van der Waals surface area contributed by atoms with E-state index in [4.69, 9.17) is 0 Å². The Kier molecular flexibility index (Phi) is 4.49. The average Bonchev–Trinajstić information content (AvgIpc) is 2.75. The summed E-state index contributed by atoms with van der Waals surface area (Å²) in [6, 6.07) is 0. The normalized spacial score (nSPS) is 31.9. The predicted octanol–water partition coefficient (Wildman–Crippen LogP) is 5.38. The molecular formula is C16H32. The first-order valence-corrected chi connectivity index (χ1v) is 7.28. The lowest BCUT2D eigenvalue weighted by atomic mass is 9.79. The molecule has 0 saturated heterocycles. The van der Waals surface area contributed by atoms with Crippen LogP contribution in [0, 0.1) is 35.0 Å². The maximum absolute atomic E-state index is 2.49. The molecule has 96 valence electrons. The zero-order valence-corrected chi connectivity index (χ0v) is 12.5. The summed E-state index contributed by atoms with van der Waals surface area (Å²) in [5, 5.41) is 0. The van der Waals surface area contributed by atoms with E-state index in [1.54, 1.807) is 0 Å². The van der Waals surface area contributed by atoms with Crippen LogP contribution in [0.2, 0.25) is 0 Å². The van der Waals surface area contributed by atoms with Gasteiger partial charge in [-0.1, -0.05) is 54.9 Å². The second-order valence-electron chi connectivity index (χ2n) is 7.43. The van der Waals surface area contributed by atoms with Crippen molar-refractivity contribution in [1.82, 2.24) is 0 Å². The van der Waals surface area contributed by atoms with E-state index in [2.05, 4.69) is 48.5 Å². The van der Waals surface area contributed by atoms with Crippen molar-refractivity contribution >= 4 is 0 Å². The molecule has 4 atom stereocenters. The Bertz CT molecular complexity index is 214. The maximum Gasteiger partial charge on any atom is -0.0329 e. The fourth-order valence-corrected chi connectivity index (χ4v) is 3.59. The van der Waals surface area contributed by atoms with Crippen LogP contribution in [0.5, 0.6) is 0 Å². The molecule has 0 heteroatoms. The topological polar surface area (TPSA) is 0 Å². The third-order valence-corrected chi connectivity index (χ3v) is 4.87. The maximum atomic E-state index is 2.49. The van der Waals surface area contributed by atoms with Crippen LogP contribution in [0.15, 0.2) is 0 Å². The fraction of sp³-hybridized carbons (Fsp3) is 1.00. The molecule has 1 rings (SSSR count). The molecule has 0 N–H and O–H groups in total. The van der Waals surface area contributed by atoms with Crippen molar-refractivity contribution in [3.8, 4) is 0 Å². The highest BCUT2D eigenvalue weighted by atomic mass is 14.5. The molecule has 0 aliphatic heterocycles. The van der Waals surface area contributed by atoms with E-state index < -0.39 is 0 Å². The molecule has 16 heavy (non-hydrogen) atoms. The summed E-state index contributed by atoms with van der Waals surface area (Å²) in [5.74, 6) is 4.85. The highest BCUT2D eigenvalue weighted by Crippen LogP contribution is 2.55. The van der Waals surface area contributed by atoms with Crippen LogP contribution in [0.3, 0.4) is 0 Å². The van der Waals surface area contributed by atoms with E-state index in [1.165, 1.54) is 19.3 Å². The highest BCUT2D eigenvalue weighted by molar-refractivity contribution is 4.97. The van der Waals surface area contributed by atoms with E-state index >= 15 is 0 Å². The second-order valence-corrected chi connectivity index (χ2v) is 7.43. The van der Waals surface area contributed by atoms with Gasteiger partial charge in [0, 0.05) is 0 Å². The van der Waals surface area contributed by atoms with Gasteiger partial charge in [0.15, 0.2) is 0 Å². The zero-order chi connectivity index (χ0) is 12.5. The Morgan fingerprint density at radius 1 is 1.12 bits per heavy atom. The minimum atomic E-state index is 0.546. The summed E-state index contributed by atoms with van der Waals surface area (Å²) < 4.78 is 0. The molecular weight excluding hydrogens is 192 g/mol. The Labute approximate surface area is 103 Å². The van der Waals surface area contributed by atoms with Gasteiger partial charge in [-0.25, -0.2) is 0 Å². The van der Waals surface area contributed by atoms with Gasteiger partial charge in [0.2, 0.25) is 0 Å². The van der Waals surface area contributed by atoms with Crippen molar-refractivity contribution in [2.45, 2.75) is 67.7 Å². The molecule has 1 saturated carbocycles. The van der Waals surface area contributed by atoms with Crippen molar-refractivity contribution in [3.05, 3.63) is 0 Å². The fourth-order valence-electron chi connectivity index (χ4n) is 3.59. The highest BCUT2D eigenvalue weighted by Gasteiger charge is 2.49. The van der Waals surface area contributed by atoms with Crippen molar-refractivity contribution in [1.29, 1.82) is 0 Å². The van der Waals surface area contributed by atoms with Gasteiger partial charge in [0.1, 0.15) is 0 Å². The summed E-state index contributed by atoms with van der Waals surface area (Å²) in [4.78, 5) is 0. The number of rotatable bonds is 6. The SMILES string of the molecule is CCC(C)(C)CC(C)C1C(C)C1CC(C)C. The number of hydrogen-bond acceptors (Lipinski definition) is 0. The Hall–Kier alpha value is 0. The Balaban J connectivity index is 2.42. The van der Waals surface area contributed by atoms with E-state index in [0.29, 0.717) is 5.41 Å². The van der Waals surface area contributed by atoms with Crippen molar-refractivity contribution < 1.29 is 0 Å². The molecule has 0 aromatic rings. The molecule has 0 nitrogen and oxygen atoms in total. The van der Waals surface area contributed by atoms with Gasteiger partial charge in [-0.3, -0.25) is 0 Å². The molecule has 1 fully saturated rings. The molecule has 0 aromatic carbocycles. The molecule has 1 aliphatic carbocycles. The molecule has 0 aromatic heterocycles. The van der Waals surface area contributed by atoms with Crippen LogP contribution in [-0.4, -0.2) is 0 Å². The zero-order valence-electron chi connectivity index (χ0n) is 12.5. The van der Waals surface area contributed by atoms with Gasteiger partial charge in [0.25, 0.3) is 0 Å². The molecule has 4 unspecified atom stereocenters. The van der Waals surface area contributed by atoms with Crippen LogP contribution in [0.4, 0.5) is 0 Å². The van der Waals surface area contributed by atoms with Gasteiger partial charge in [-0.2, -0.15) is 0 Å². The first kappa shape index (κ1) is 14.1. The average molecular weight is 224 g/mol. The van der Waals surface area contributed by atoms with Crippen molar-refractivity contribution in [3.63, 3.8) is 0 Å². The van der Waals surface area contributed by atoms with Crippen LogP contribution in [0.1, 0.15) is 67.7 Å². The molecule has 1 aliphatic rings. The quantitative estimate of drug-likeness (QED) is 0.568. The van der Waals surface area contributed by atoms with Crippen LogP contribution >= 0.6 is 0 Å². The second kappa shape index (κ2) is 5.10. The molecule has 0 spiro atoms. The molecule has 0 bridgehead atoms. The molecule has 0 heterocycles. The largest absolute Gasteiger partial charge is 0.0649 e. The third-order valence-electron chi connectivity index (χ3n) is 4.87. The van der Waals surface area contributed by atoms with Gasteiger partial charge in [-0.15, -0.1) is 0 Å². The molecule has 0 amide bonds. The Morgan fingerprint density at radius 3 is 2.12 bits per heavy atom. The van der Waals surface area contributed by atoms with Crippen molar-refractivity contribution in [2.75, 3.05) is 0 Å². The summed E-state index contributed by atoms with van der Waals surface area (Å²) >= 11 is 0. The van der Waals surface area contributed by atoms with Crippen LogP contribution in [0.25, 0.3) is 0 Å². The van der Waals surface area contributed by atoms with Gasteiger partial charge in [0.05, 0.1) is 0 Å². The van der Waals surface area contributed by atoms with E-state index in [9.17, 15) is 0 Å². The first-order valence-electron chi connectivity index (χ1n) is 7.28. The third kappa shape index (κ3) is 3.50. The number of hydrogen-bond donors (Lipinski definition) is 0. The smallest absolute Gasteiger partial charge is 0.0329 e. The monoisotopic (exact) mass is 224 g/mol. The van der Waals surface area contributed by atoms with Gasteiger partial charge < -0.3 is 0 Å². The summed E-state index contributed by atoms with van der Waals surface area (Å²) in [7, 11) is 0. The lowest BCUT2D eigenvalue weighted by Gasteiger charge is -2.27. The summed E-state index contributed by atoms with van der Waals surface area (Å²) in [6.45, 7) is 16.9. The summed E-state index contributed by atoms with van der Waals surface area (Å²) in [5.41, 5.74) is 0.546. The lowest BCUT2D eigenvalue weighted by molar-refractivity contribution is 0.241. The minimum absolute atomic E-state index is 0.546. The standard InChI is InChI=1S/C16H32/c1-8-16(6,7)10-12(4)15-13(5)14(15)9-11(2)3/h11-15H,8-10H2,1-7H3. The van der Waals surface area contributed by atoms with E-state index in [1.807, 2.05) is 0 Å². The van der Waals surface area contributed by atoms with E-state index in [0.717, 1.165) is 29.6 Å². The first-order chi connectivity index (χ1) is 7.28. The Morgan fingerprint density at radius 2 is 1.69 bits per heavy atom. The molecule has 0 radical (unpaired) electrons. The van der Waals surface area contributed by atoms with Crippen LogP contribution < -0.4 is 0 Å². The van der Waals surface area contributed by atoms with Gasteiger partial charge >= 0.3 is 0 Å². The lowest BCUT2D eigenvalue weighted by Crippen LogP contribution is -2.16. The summed E-state index contributed by atoms with van der Waals surface area (Å²) in [6.07, 6.45) is 4.17. The minimum Gasteiger partial charge on any atom is -0.0649 e. The van der Waals surface area contributed by atoms with Crippen molar-refractivity contribution in [2.24, 2.45) is 35.0 Å². The predicted molar refractivity (Wildman–Crippen MR) is 73.5 cm³/mol. The van der Waals surface area contributed by atoms with Crippen LogP contribution in [-0.2, 0) is 0 Å².